The van der Waals surface area contributed by atoms with Crippen LogP contribution in [-0.4, -0.2) is 53.2 Å². The zero-order chi connectivity index (χ0) is 15.3. The molecule has 0 bridgehead atoms. The van der Waals surface area contributed by atoms with Crippen LogP contribution in [0, 0.1) is 11.3 Å². The summed E-state index contributed by atoms with van der Waals surface area (Å²) in [5.74, 6) is 0.657. The largest absolute Gasteiger partial charge is 0.339 e. The first-order valence-corrected chi connectivity index (χ1v) is 8.13. The van der Waals surface area contributed by atoms with Gasteiger partial charge in [0.05, 0.1) is 11.8 Å². The second-order valence-corrected chi connectivity index (χ2v) is 6.69. The number of hydrogen-bond donors (Lipinski definition) is 0. The summed E-state index contributed by atoms with van der Waals surface area (Å²) >= 11 is 1.58. The molecule has 1 heterocycles. The van der Waals surface area contributed by atoms with E-state index < -0.39 is 5.54 Å². The highest BCUT2D eigenvalue weighted by atomic mass is 32.2. The van der Waals surface area contributed by atoms with Gasteiger partial charge in [-0.05, 0) is 26.0 Å². The molecule has 2 rings (SSSR count). The minimum absolute atomic E-state index is 0.179. The number of piperazine rings is 1. The number of benzene rings is 1. The van der Waals surface area contributed by atoms with Gasteiger partial charge in [-0.25, -0.2) is 0 Å². The summed E-state index contributed by atoms with van der Waals surface area (Å²) in [4.78, 5) is 17.4. The molecule has 1 saturated heterocycles. The third kappa shape index (κ3) is 4.23. The molecule has 1 aliphatic heterocycles. The molecule has 0 N–H and O–H groups in total. The normalized spacial score (nSPS) is 16.5. The van der Waals surface area contributed by atoms with Crippen LogP contribution in [0.15, 0.2) is 35.2 Å². The molecule has 0 radical (unpaired) electrons. The van der Waals surface area contributed by atoms with Crippen LogP contribution >= 0.6 is 11.8 Å². The molecule has 112 valence electrons. The number of thioether (sulfide) groups is 1. The average Bonchev–Trinajstić information content (AvgIpc) is 2.53. The van der Waals surface area contributed by atoms with Crippen molar-refractivity contribution in [1.82, 2.24) is 9.80 Å². The second kappa shape index (κ2) is 6.97. The topological polar surface area (TPSA) is 47.3 Å². The molecule has 0 unspecified atom stereocenters. The first-order valence-electron chi connectivity index (χ1n) is 7.15. The SMILES string of the molecule is CC(C)(C#N)N1CCN(C(=O)CSc2ccccc2)CC1. The third-order valence-corrected chi connectivity index (χ3v) is 4.80. The maximum Gasteiger partial charge on any atom is 0.233 e. The fraction of sp³-hybridized carbons (Fsp3) is 0.500. The Kier molecular flexibility index (Phi) is 5.27. The first kappa shape index (κ1) is 15.9. The highest BCUT2D eigenvalue weighted by Crippen LogP contribution is 2.19. The Balaban J connectivity index is 1.80. The molecule has 1 aromatic rings. The summed E-state index contributed by atoms with van der Waals surface area (Å²) in [6, 6.07) is 12.3. The fourth-order valence-corrected chi connectivity index (χ4v) is 3.16. The van der Waals surface area contributed by atoms with Gasteiger partial charge < -0.3 is 4.90 Å². The van der Waals surface area contributed by atoms with Crippen molar-refractivity contribution in [3.63, 3.8) is 0 Å². The maximum absolute atomic E-state index is 12.2. The van der Waals surface area contributed by atoms with E-state index in [0.717, 1.165) is 18.0 Å². The van der Waals surface area contributed by atoms with Gasteiger partial charge in [0.2, 0.25) is 5.91 Å². The lowest BCUT2D eigenvalue weighted by atomic mass is 10.0. The van der Waals surface area contributed by atoms with Gasteiger partial charge in [-0.3, -0.25) is 9.69 Å². The van der Waals surface area contributed by atoms with E-state index in [1.807, 2.05) is 49.1 Å². The molecule has 0 aliphatic carbocycles. The van der Waals surface area contributed by atoms with Gasteiger partial charge in [-0.1, -0.05) is 18.2 Å². The Morgan fingerprint density at radius 1 is 1.24 bits per heavy atom. The second-order valence-electron chi connectivity index (χ2n) is 5.64. The zero-order valence-electron chi connectivity index (χ0n) is 12.6. The van der Waals surface area contributed by atoms with E-state index >= 15 is 0 Å². The number of rotatable bonds is 4. The molecule has 1 amide bonds. The van der Waals surface area contributed by atoms with Crippen LogP contribution in [0.1, 0.15) is 13.8 Å². The number of nitrogens with zero attached hydrogens (tertiary/aromatic N) is 3. The lowest BCUT2D eigenvalue weighted by Crippen LogP contribution is -2.55. The number of nitriles is 1. The van der Waals surface area contributed by atoms with Gasteiger partial charge in [0, 0.05) is 31.1 Å². The fourth-order valence-electron chi connectivity index (χ4n) is 2.34. The Morgan fingerprint density at radius 2 is 1.86 bits per heavy atom. The molecule has 21 heavy (non-hydrogen) atoms. The smallest absolute Gasteiger partial charge is 0.233 e. The number of carbonyl (C=O) groups is 1. The molecule has 1 fully saturated rings. The monoisotopic (exact) mass is 303 g/mol. The minimum Gasteiger partial charge on any atom is -0.339 e. The Labute approximate surface area is 130 Å². The van der Waals surface area contributed by atoms with E-state index in [1.54, 1.807) is 11.8 Å². The summed E-state index contributed by atoms with van der Waals surface area (Å²) in [5, 5.41) is 9.16. The van der Waals surface area contributed by atoms with Crippen LogP contribution in [0.4, 0.5) is 0 Å². The highest BCUT2D eigenvalue weighted by molar-refractivity contribution is 8.00. The van der Waals surface area contributed by atoms with Crippen LogP contribution < -0.4 is 0 Å². The van der Waals surface area contributed by atoms with Crippen molar-refractivity contribution in [2.24, 2.45) is 0 Å². The van der Waals surface area contributed by atoms with Crippen LogP contribution in [0.3, 0.4) is 0 Å². The Hall–Kier alpha value is -1.51. The van der Waals surface area contributed by atoms with Crippen LogP contribution in [0.5, 0.6) is 0 Å². The van der Waals surface area contributed by atoms with E-state index in [0.29, 0.717) is 18.8 Å². The summed E-state index contributed by atoms with van der Waals surface area (Å²) in [6.45, 7) is 6.80. The van der Waals surface area contributed by atoms with E-state index in [-0.39, 0.29) is 5.91 Å². The van der Waals surface area contributed by atoms with Crippen molar-refractivity contribution >= 4 is 17.7 Å². The van der Waals surface area contributed by atoms with E-state index in [9.17, 15) is 4.79 Å². The molecule has 0 aromatic heterocycles. The van der Waals surface area contributed by atoms with Gasteiger partial charge in [0.25, 0.3) is 0 Å². The predicted octanol–water partition coefficient (Wildman–Crippen LogP) is 2.23. The quantitative estimate of drug-likeness (QED) is 0.800. The van der Waals surface area contributed by atoms with E-state index in [4.69, 9.17) is 5.26 Å². The summed E-state index contributed by atoms with van der Waals surface area (Å²) < 4.78 is 0. The summed E-state index contributed by atoms with van der Waals surface area (Å²) in [5.41, 5.74) is -0.450. The van der Waals surface area contributed by atoms with Gasteiger partial charge in [-0.2, -0.15) is 5.26 Å². The average molecular weight is 303 g/mol. The Morgan fingerprint density at radius 3 is 2.43 bits per heavy atom. The van der Waals surface area contributed by atoms with Gasteiger partial charge >= 0.3 is 0 Å². The summed E-state index contributed by atoms with van der Waals surface area (Å²) in [6.07, 6.45) is 0. The predicted molar refractivity (Wildman–Crippen MR) is 85.0 cm³/mol. The van der Waals surface area contributed by atoms with Crippen LogP contribution in [0.25, 0.3) is 0 Å². The van der Waals surface area contributed by atoms with Gasteiger partial charge in [0.1, 0.15) is 5.54 Å². The van der Waals surface area contributed by atoms with Crippen molar-refractivity contribution in [2.75, 3.05) is 31.9 Å². The summed E-state index contributed by atoms with van der Waals surface area (Å²) in [7, 11) is 0. The van der Waals surface area contributed by atoms with Crippen molar-refractivity contribution in [3.8, 4) is 6.07 Å². The van der Waals surface area contributed by atoms with Crippen LogP contribution in [0.2, 0.25) is 0 Å². The minimum atomic E-state index is -0.450. The molecule has 1 aromatic carbocycles. The zero-order valence-corrected chi connectivity index (χ0v) is 13.4. The van der Waals surface area contributed by atoms with Gasteiger partial charge in [0.15, 0.2) is 0 Å². The van der Waals surface area contributed by atoms with Crippen LogP contribution in [-0.2, 0) is 4.79 Å². The molecule has 0 spiro atoms. The molecular formula is C16H21N3OS. The molecule has 0 atom stereocenters. The van der Waals surface area contributed by atoms with E-state index in [2.05, 4.69) is 11.0 Å². The van der Waals surface area contributed by atoms with E-state index in [1.165, 1.54) is 0 Å². The Bertz CT molecular complexity index is 516. The lowest BCUT2D eigenvalue weighted by molar-refractivity contribution is -0.130. The van der Waals surface area contributed by atoms with Crippen molar-refractivity contribution in [3.05, 3.63) is 30.3 Å². The highest BCUT2D eigenvalue weighted by Gasteiger charge is 2.30. The molecule has 4 nitrogen and oxygen atoms in total. The third-order valence-electron chi connectivity index (χ3n) is 3.80. The molecule has 5 heteroatoms. The first-order chi connectivity index (χ1) is 10.0. The molecular weight excluding hydrogens is 282 g/mol. The standard InChI is InChI=1S/C16H21N3OS/c1-16(2,13-17)19-10-8-18(9-11-19)15(20)12-21-14-6-4-3-5-7-14/h3-7H,8-12H2,1-2H3. The number of hydrogen-bond acceptors (Lipinski definition) is 4. The van der Waals surface area contributed by atoms with Crippen molar-refractivity contribution in [2.45, 2.75) is 24.3 Å². The number of carbonyl (C=O) groups excluding carboxylic acids is 1. The van der Waals surface area contributed by atoms with Gasteiger partial charge in [-0.15, -0.1) is 11.8 Å². The molecule has 1 aliphatic rings. The van der Waals surface area contributed by atoms with Crippen molar-refractivity contribution in [1.29, 1.82) is 5.26 Å². The number of amides is 1. The maximum atomic E-state index is 12.2. The van der Waals surface area contributed by atoms with Crippen molar-refractivity contribution < 1.29 is 4.79 Å². The lowest BCUT2D eigenvalue weighted by Gasteiger charge is -2.40. The molecule has 0 saturated carbocycles.